The van der Waals surface area contributed by atoms with Gasteiger partial charge in [0.15, 0.2) is 0 Å². The molecular formula is C12H24N2O4S. The Labute approximate surface area is 116 Å². The molecule has 0 fully saturated rings. The van der Waals surface area contributed by atoms with Gasteiger partial charge in [0.25, 0.3) is 0 Å². The zero-order valence-corrected chi connectivity index (χ0v) is 12.8. The fourth-order valence-electron chi connectivity index (χ4n) is 1.53. The number of aliphatic carboxylic acids is 1. The van der Waals surface area contributed by atoms with Crippen molar-refractivity contribution in [2.45, 2.75) is 45.7 Å². The van der Waals surface area contributed by atoms with Gasteiger partial charge >= 0.3 is 12.0 Å². The molecule has 3 N–H and O–H groups in total. The van der Waals surface area contributed by atoms with Gasteiger partial charge in [-0.2, -0.15) is 0 Å². The molecule has 3 atom stereocenters. The standard InChI is InChI=1S/C12H24N2O4S/c1-8(2)7-10(11(15)16)14-12(17)13-9(3)5-6-19(4)18/h8-10H,5-7H2,1-4H3,(H,15,16)(H2,13,14,17). The van der Waals surface area contributed by atoms with Gasteiger partial charge < -0.3 is 15.7 Å². The fourth-order valence-corrected chi connectivity index (χ4v) is 2.22. The lowest BCUT2D eigenvalue weighted by Gasteiger charge is -2.19. The lowest BCUT2D eigenvalue weighted by molar-refractivity contribution is -0.139. The Hall–Kier alpha value is -1.11. The molecule has 0 aliphatic heterocycles. The van der Waals surface area contributed by atoms with E-state index in [4.69, 9.17) is 5.11 Å². The molecule has 0 aromatic heterocycles. The Morgan fingerprint density at radius 2 is 1.79 bits per heavy atom. The van der Waals surface area contributed by atoms with Crippen LogP contribution < -0.4 is 10.6 Å². The first kappa shape index (κ1) is 17.9. The molecule has 2 amide bonds. The highest BCUT2D eigenvalue weighted by Crippen LogP contribution is 2.05. The van der Waals surface area contributed by atoms with Crippen LogP contribution in [0.3, 0.4) is 0 Å². The minimum absolute atomic E-state index is 0.141. The zero-order valence-electron chi connectivity index (χ0n) is 11.9. The first-order valence-corrected chi connectivity index (χ1v) is 8.05. The summed E-state index contributed by atoms with van der Waals surface area (Å²) >= 11 is 0. The number of urea groups is 1. The van der Waals surface area contributed by atoms with Crippen LogP contribution in [0, 0.1) is 5.92 Å². The first-order valence-electron chi connectivity index (χ1n) is 6.32. The summed E-state index contributed by atoms with van der Waals surface area (Å²) in [6.45, 7) is 5.59. The Bertz CT molecular complexity index is 334. The Kier molecular flexibility index (Phi) is 8.38. The Balaban J connectivity index is 4.18. The van der Waals surface area contributed by atoms with E-state index in [0.29, 0.717) is 18.6 Å². The van der Waals surface area contributed by atoms with Crippen LogP contribution in [0.2, 0.25) is 0 Å². The molecule has 0 rings (SSSR count). The third-order valence-corrected chi connectivity index (χ3v) is 3.34. The van der Waals surface area contributed by atoms with Gasteiger partial charge in [-0.05, 0) is 25.7 Å². The number of amides is 2. The molecule has 0 aliphatic carbocycles. The molecule has 6 nitrogen and oxygen atoms in total. The van der Waals surface area contributed by atoms with Crippen LogP contribution in [-0.2, 0) is 15.6 Å². The lowest BCUT2D eigenvalue weighted by Crippen LogP contribution is -2.49. The van der Waals surface area contributed by atoms with Gasteiger partial charge in [0.2, 0.25) is 0 Å². The van der Waals surface area contributed by atoms with Crippen molar-refractivity contribution in [2.24, 2.45) is 5.92 Å². The molecular weight excluding hydrogens is 268 g/mol. The normalized spacial score (nSPS) is 15.6. The van der Waals surface area contributed by atoms with Crippen molar-refractivity contribution >= 4 is 22.8 Å². The second-order valence-electron chi connectivity index (χ2n) is 5.11. The Morgan fingerprint density at radius 3 is 2.21 bits per heavy atom. The summed E-state index contributed by atoms with van der Waals surface area (Å²) in [4.78, 5) is 22.6. The molecule has 0 aromatic rings. The second kappa shape index (κ2) is 8.90. The minimum atomic E-state index is -1.04. The van der Waals surface area contributed by atoms with E-state index in [1.54, 1.807) is 13.2 Å². The number of carbonyl (C=O) groups excluding carboxylic acids is 1. The van der Waals surface area contributed by atoms with Gasteiger partial charge in [0.1, 0.15) is 6.04 Å². The van der Waals surface area contributed by atoms with Crippen LogP contribution in [0.1, 0.15) is 33.6 Å². The Morgan fingerprint density at radius 1 is 1.21 bits per heavy atom. The molecule has 112 valence electrons. The van der Waals surface area contributed by atoms with Crippen LogP contribution in [0.4, 0.5) is 4.79 Å². The van der Waals surface area contributed by atoms with Crippen LogP contribution >= 0.6 is 0 Å². The fraction of sp³-hybridized carbons (Fsp3) is 0.833. The highest BCUT2D eigenvalue weighted by molar-refractivity contribution is 7.84. The largest absolute Gasteiger partial charge is 0.480 e. The van der Waals surface area contributed by atoms with Crippen molar-refractivity contribution < 1.29 is 18.9 Å². The van der Waals surface area contributed by atoms with Gasteiger partial charge in [-0.25, -0.2) is 9.59 Å². The maximum Gasteiger partial charge on any atom is 0.326 e. The average molecular weight is 292 g/mol. The number of rotatable bonds is 8. The maximum absolute atomic E-state index is 11.6. The third-order valence-electron chi connectivity index (χ3n) is 2.53. The van der Waals surface area contributed by atoms with Crippen molar-refractivity contribution in [3.63, 3.8) is 0 Å². The molecule has 0 saturated heterocycles. The summed E-state index contributed by atoms with van der Waals surface area (Å²) in [6, 6.07) is -1.52. The minimum Gasteiger partial charge on any atom is -0.480 e. The molecule has 3 unspecified atom stereocenters. The second-order valence-corrected chi connectivity index (χ2v) is 6.66. The van der Waals surface area contributed by atoms with Crippen molar-refractivity contribution in [2.75, 3.05) is 12.0 Å². The van der Waals surface area contributed by atoms with E-state index in [0.717, 1.165) is 0 Å². The van der Waals surface area contributed by atoms with Crippen molar-refractivity contribution in [1.29, 1.82) is 0 Å². The third kappa shape index (κ3) is 9.47. The summed E-state index contributed by atoms with van der Waals surface area (Å²) in [7, 11) is -0.893. The molecule has 0 bridgehead atoms. The number of hydrogen-bond acceptors (Lipinski definition) is 3. The van der Waals surface area contributed by atoms with E-state index in [1.165, 1.54) is 0 Å². The van der Waals surface area contributed by atoms with Gasteiger partial charge in [0.05, 0.1) is 0 Å². The molecule has 0 spiro atoms. The maximum atomic E-state index is 11.6. The van der Waals surface area contributed by atoms with E-state index in [-0.39, 0.29) is 12.0 Å². The molecule has 0 aliphatic rings. The van der Waals surface area contributed by atoms with E-state index in [2.05, 4.69) is 10.6 Å². The van der Waals surface area contributed by atoms with E-state index >= 15 is 0 Å². The summed E-state index contributed by atoms with van der Waals surface area (Å²) < 4.78 is 10.9. The summed E-state index contributed by atoms with van der Waals surface area (Å²) in [5.41, 5.74) is 0. The molecule has 0 heterocycles. The highest BCUT2D eigenvalue weighted by Gasteiger charge is 2.21. The lowest BCUT2D eigenvalue weighted by atomic mass is 10.0. The topological polar surface area (TPSA) is 95.5 Å². The van der Waals surface area contributed by atoms with Crippen molar-refractivity contribution in [3.05, 3.63) is 0 Å². The first-order chi connectivity index (χ1) is 8.72. The number of carboxylic acid groups (broad SMARTS) is 1. The predicted octanol–water partition coefficient (Wildman–Crippen LogP) is 0.942. The van der Waals surface area contributed by atoms with Crippen LogP contribution in [0.5, 0.6) is 0 Å². The van der Waals surface area contributed by atoms with Crippen molar-refractivity contribution in [1.82, 2.24) is 10.6 Å². The number of nitrogens with one attached hydrogen (secondary N) is 2. The monoisotopic (exact) mass is 292 g/mol. The quantitative estimate of drug-likeness (QED) is 0.620. The highest BCUT2D eigenvalue weighted by atomic mass is 32.2. The van der Waals surface area contributed by atoms with E-state index in [1.807, 2.05) is 13.8 Å². The van der Waals surface area contributed by atoms with Gasteiger partial charge in [-0.15, -0.1) is 0 Å². The van der Waals surface area contributed by atoms with Crippen LogP contribution in [-0.4, -0.2) is 45.4 Å². The van der Waals surface area contributed by atoms with Crippen molar-refractivity contribution in [3.8, 4) is 0 Å². The predicted molar refractivity (Wildman–Crippen MR) is 75.6 cm³/mol. The summed E-state index contributed by atoms with van der Waals surface area (Å²) in [5.74, 6) is -0.344. The summed E-state index contributed by atoms with van der Waals surface area (Å²) in [6.07, 6.45) is 2.59. The van der Waals surface area contributed by atoms with E-state index < -0.39 is 28.8 Å². The van der Waals surface area contributed by atoms with Gasteiger partial charge in [-0.1, -0.05) is 13.8 Å². The SMILES string of the molecule is CC(C)CC(NC(=O)NC(C)CCS(C)=O)C(=O)O. The van der Waals surface area contributed by atoms with Crippen LogP contribution in [0.15, 0.2) is 0 Å². The number of hydrogen-bond donors (Lipinski definition) is 3. The molecule has 0 radical (unpaired) electrons. The van der Waals surface area contributed by atoms with E-state index in [9.17, 15) is 13.8 Å². The summed E-state index contributed by atoms with van der Waals surface area (Å²) in [5, 5.41) is 14.1. The van der Waals surface area contributed by atoms with Gasteiger partial charge in [-0.3, -0.25) is 4.21 Å². The number of carboxylic acids is 1. The smallest absolute Gasteiger partial charge is 0.326 e. The molecule has 7 heteroatoms. The molecule has 0 aromatic carbocycles. The zero-order chi connectivity index (χ0) is 15.0. The van der Waals surface area contributed by atoms with Crippen LogP contribution in [0.25, 0.3) is 0 Å². The number of carbonyl (C=O) groups is 2. The molecule has 19 heavy (non-hydrogen) atoms. The molecule has 0 saturated carbocycles. The van der Waals surface area contributed by atoms with Gasteiger partial charge in [0, 0.05) is 28.9 Å². The average Bonchev–Trinajstić information content (AvgIpc) is 2.24.